The lowest BCUT2D eigenvalue weighted by Gasteiger charge is -2.35. The molecule has 4 rings (SSSR count). The summed E-state index contributed by atoms with van der Waals surface area (Å²) in [7, 11) is 0. The van der Waals surface area contributed by atoms with Gasteiger partial charge >= 0.3 is 0 Å². The van der Waals surface area contributed by atoms with Crippen LogP contribution in [0, 0.1) is 5.92 Å². The molecule has 0 N–H and O–H groups in total. The van der Waals surface area contributed by atoms with Crippen LogP contribution in [0.4, 0.5) is 0 Å². The Morgan fingerprint density at radius 3 is 1.44 bits per heavy atom. The number of carbonyl (C=O) groups excluding carboxylic acids is 1. The number of hydrogen-bond acceptors (Lipinski definition) is 1. The van der Waals surface area contributed by atoms with Gasteiger partial charge in [-0.05, 0) is 28.2 Å². The lowest BCUT2D eigenvalue weighted by Crippen LogP contribution is -2.39. The van der Waals surface area contributed by atoms with Crippen molar-refractivity contribution in [3.8, 4) is 0 Å². The Morgan fingerprint density at radius 2 is 1.03 bits per heavy atom. The second kappa shape index (κ2) is 10.1. The summed E-state index contributed by atoms with van der Waals surface area (Å²) >= 11 is 0. The highest BCUT2D eigenvalue weighted by atomic mass is 16.1. The van der Waals surface area contributed by atoms with E-state index in [9.17, 15) is 4.79 Å². The Bertz CT molecular complexity index is 1050. The van der Waals surface area contributed by atoms with Gasteiger partial charge in [0.2, 0.25) is 0 Å². The number of Topliss-reactive ketones (excluding diaryl/α,β-unsaturated/α-hetero) is 1. The zero-order valence-corrected chi connectivity index (χ0v) is 18.4. The van der Waals surface area contributed by atoms with Gasteiger partial charge in [0.25, 0.3) is 0 Å². The summed E-state index contributed by atoms with van der Waals surface area (Å²) in [5, 5.41) is 0. The van der Waals surface area contributed by atoms with Gasteiger partial charge in [0, 0.05) is 6.42 Å². The molecule has 0 spiro atoms. The molecule has 32 heavy (non-hydrogen) atoms. The SMILES string of the molecule is CC(/C=C/c1ccccc1)CC(=O)C(c1ccccc1)(c1ccccc1)c1ccccc1. The second-order valence-corrected chi connectivity index (χ2v) is 8.22. The zero-order valence-electron chi connectivity index (χ0n) is 18.4. The van der Waals surface area contributed by atoms with Gasteiger partial charge in [-0.25, -0.2) is 0 Å². The minimum atomic E-state index is -0.849. The third-order valence-electron chi connectivity index (χ3n) is 5.96. The molecule has 1 nitrogen and oxygen atoms in total. The molecule has 0 bridgehead atoms. The van der Waals surface area contributed by atoms with Crippen LogP contribution in [0.25, 0.3) is 6.08 Å². The van der Waals surface area contributed by atoms with Crippen molar-refractivity contribution in [2.24, 2.45) is 5.92 Å². The monoisotopic (exact) mass is 416 g/mol. The molecule has 0 saturated heterocycles. The fraction of sp³-hybridized carbons (Fsp3) is 0.129. The first-order valence-corrected chi connectivity index (χ1v) is 11.1. The number of benzene rings is 4. The highest BCUT2D eigenvalue weighted by Gasteiger charge is 2.43. The molecule has 4 aromatic rings. The van der Waals surface area contributed by atoms with E-state index in [0.29, 0.717) is 6.42 Å². The smallest absolute Gasteiger partial charge is 0.152 e. The molecule has 158 valence electrons. The van der Waals surface area contributed by atoms with Crippen molar-refractivity contribution in [2.75, 3.05) is 0 Å². The van der Waals surface area contributed by atoms with Gasteiger partial charge in [-0.1, -0.05) is 140 Å². The molecule has 0 heterocycles. The van der Waals surface area contributed by atoms with Crippen molar-refractivity contribution in [1.29, 1.82) is 0 Å². The van der Waals surface area contributed by atoms with E-state index in [-0.39, 0.29) is 11.7 Å². The molecule has 0 saturated carbocycles. The molecule has 1 atom stereocenters. The first kappa shape index (κ1) is 21.5. The summed E-state index contributed by atoms with van der Waals surface area (Å²) in [5.74, 6) is 0.310. The molecule has 1 heteroatoms. The number of rotatable bonds is 8. The van der Waals surface area contributed by atoms with E-state index < -0.39 is 5.41 Å². The Labute approximate surface area is 191 Å². The largest absolute Gasteiger partial charge is 0.298 e. The first-order chi connectivity index (χ1) is 15.7. The van der Waals surface area contributed by atoms with E-state index in [1.807, 2.05) is 72.8 Å². The van der Waals surface area contributed by atoms with Crippen LogP contribution in [0.15, 0.2) is 127 Å². The first-order valence-electron chi connectivity index (χ1n) is 11.1. The molecule has 0 aromatic heterocycles. The van der Waals surface area contributed by atoms with E-state index >= 15 is 0 Å². The van der Waals surface area contributed by atoms with Crippen LogP contribution in [0.1, 0.15) is 35.6 Å². The van der Waals surface area contributed by atoms with Crippen LogP contribution >= 0.6 is 0 Å². The van der Waals surface area contributed by atoms with E-state index in [0.717, 1.165) is 22.3 Å². The predicted octanol–water partition coefficient (Wildman–Crippen LogP) is 7.33. The van der Waals surface area contributed by atoms with Crippen molar-refractivity contribution in [3.63, 3.8) is 0 Å². The van der Waals surface area contributed by atoms with Gasteiger partial charge < -0.3 is 0 Å². The van der Waals surface area contributed by atoms with Crippen molar-refractivity contribution in [3.05, 3.63) is 150 Å². The Hall–Kier alpha value is -3.71. The zero-order chi connectivity index (χ0) is 22.2. The molecular weight excluding hydrogens is 388 g/mol. The summed E-state index contributed by atoms with van der Waals surface area (Å²) in [6.45, 7) is 2.11. The molecule has 0 aliphatic rings. The molecule has 4 aromatic carbocycles. The molecular formula is C31H28O. The molecule has 0 radical (unpaired) electrons. The quantitative estimate of drug-likeness (QED) is 0.275. The van der Waals surface area contributed by atoms with Crippen LogP contribution in [0.5, 0.6) is 0 Å². The Morgan fingerprint density at radius 1 is 0.656 bits per heavy atom. The summed E-state index contributed by atoms with van der Waals surface area (Å²) < 4.78 is 0. The third kappa shape index (κ3) is 4.48. The fourth-order valence-electron chi connectivity index (χ4n) is 4.40. The molecule has 0 aliphatic heterocycles. The summed E-state index contributed by atoms with van der Waals surface area (Å²) in [6, 6.07) is 40.7. The number of carbonyl (C=O) groups is 1. The van der Waals surface area contributed by atoms with Crippen LogP contribution in [-0.4, -0.2) is 5.78 Å². The van der Waals surface area contributed by atoms with Crippen LogP contribution in [0.2, 0.25) is 0 Å². The number of ketones is 1. The third-order valence-corrected chi connectivity index (χ3v) is 5.96. The molecule has 0 aliphatic carbocycles. The predicted molar refractivity (Wildman–Crippen MR) is 133 cm³/mol. The van der Waals surface area contributed by atoms with Gasteiger partial charge in [-0.15, -0.1) is 0 Å². The van der Waals surface area contributed by atoms with Crippen LogP contribution in [-0.2, 0) is 10.2 Å². The average molecular weight is 417 g/mol. The van der Waals surface area contributed by atoms with Gasteiger partial charge in [-0.3, -0.25) is 4.79 Å². The second-order valence-electron chi connectivity index (χ2n) is 8.22. The highest BCUT2D eigenvalue weighted by Crippen LogP contribution is 2.41. The Kier molecular flexibility index (Phi) is 6.77. The van der Waals surface area contributed by atoms with E-state index in [2.05, 4.69) is 67.6 Å². The Balaban J connectivity index is 1.78. The van der Waals surface area contributed by atoms with E-state index in [4.69, 9.17) is 0 Å². The maximum Gasteiger partial charge on any atom is 0.152 e. The van der Waals surface area contributed by atoms with Crippen molar-refractivity contribution < 1.29 is 4.79 Å². The van der Waals surface area contributed by atoms with E-state index in [1.165, 1.54) is 0 Å². The van der Waals surface area contributed by atoms with E-state index in [1.54, 1.807) is 0 Å². The number of hydrogen-bond donors (Lipinski definition) is 0. The standard InChI is InChI=1S/C31H28O/c1-25(22-23-26-14-6-2-7-15-26)24-30(32)31(27-16-8-3-9-17-27,28-18-10-4-11-19-28)29-20-12-5-13-21-29/h2-23,25H,24H2,1H3/b23-22+. The van der Waals surface area contributed by atoms with Crippen LogP contribution in [0.3, 0.4) is 0 Å². The minimum absolute atomic E-state index is 0.109. The minimum Gasteiger partial charge on any atom is -0.298 e. The summed E-state index contributed by atoms with van der Waals surface area (Å²) in [4.78, 5) is 14.3. The lowest BCUT2D eigenvalue weighted by atomic mass is 9.65. The van der Waals surface area contributed by atoms with Gasteiger partial charge in [0.05, 0.1) is 0 Å². The topological polar surface area (TPSA) is 17.1 Å². The van der Waals surface area contributed by atoms with Crippen molar-refractivity contribution in [1.82, 2.24) is 0 Å². The summed E-state index contributed by atoms with van der Waals surface area (Å²) in [5.41, 5.74) is 3.30. The lowest BCUT2D eigenvalue weighted by molar-refractivity contribution is -0.122. The molecule has 1 unspecified atom stereocenters. The van der Waals surface area contributed by atoms with Crippen molar-refractivity contribution in [2.45, 2.75) is 18.8 Å². The van der Waals surface area contributed by atoms with Gasteiger partial charge in [0.15, 0.2) is 5.78 Å². The average Bonchev–Trinajstić information content (AvgIpc) is 2.86. The maximum atomic E-state index is 14.3. The fourth-order valence-corrected chi connectivity index (χ4v) is 4.40. The molecule has 0 amide bonds. The van der Waals surface area contributed by atoms with Gasteiger partial charge in [-0.2, -0.15) is 0 Å². The molecule has 0 fully saturated rings. The normalized spacial score (nSPS) is 12.5. The number of allylic oxidation sites excluding steroid dienone is 1. The maximum absolute atomic E-state index is 14.3. The van der Waals surface area contributed by atoms with Gasteiger partial charge in [0.1, 0.15) is 5.41 Å². The summed E-state index contributed by atoms with van der Waals surface area (Å²) in [6.07, 6.45) is 4.69. The highest BCUT2D eigenvalue weighted by molar-refractivity contribution is 5.98. The van der Waals surface area contributed by atoms with Crippen molar-refractivity contribution >= 4 is 11.9 Å². The van der Waals surface area contributed by atoms with Crippen LogP contribution < -0.4 is 0 Å².